The first-order chi connectivity index (χ1) is 9.40. The quantitative estimate of drug-likeness (QED) is 0.351. The van der Waals surface area contributed by atoms with Crippen molar-refractivity contribution in [2.45, 2.75) is 6.92 Å². The number of esters is 1. The van der Waals surface area contributed by atoms with Crippen molar-refractivity contribution in [3.05, 3.63) is 33.1 Å². The molecule has 1 rings (SSSR count). The molecule has 0 N–H and O–H groups in total. The molecule has 20 heavy (non-hydrogen) atoms. The number of amides is 1. The van der Waals surface area contributed by atoms with Gasteiger partial charge in [-0.3, -0.25) is 19.7 Å². The molecule has 0 aliphatic carbocycles. The first kappa shape index (κ1) is 15.8. The van der Waals surface area contributed by atoms with Crippen LogP contribution in [0.25, 0.3) is 0 Å². The van der Waals surface area contributed by atoms with Crippen molar-refractivity contribution >= 4 is 29.2 Å². The largest absolute Gasteiger partial charge is 0.468 e. The normalized spacial score (nSPS) is 9.95. The molecule has 1 amide bonds. The van der Waals surface area contributed by atoms with Crippen LogP contribution in [0, 0.1) is 10.1 Å². The number of halogens is 1. The van der Waals surface area contributed by atoms with Gasteiger partial charge in [-0.2, -0.15) is 0 Å². The number of aromatic nitrogens is 1. The summed E-state index contributed by atoms with van der Waals surface area (Å²) in [5.74, 6) is -1.23. The molecular weight excluding hydrogens is 290 g/mol. The van der Waals surface area contributed by atoms with Crippen LogP contribution in [0.4, 0.5) is 5.69 Å². The lowest BCUT2D eigenvalue weighted by Gasteiger charge is -2.19. The first-order valence-electron chi connectivity index (χ1n) is 5.56. The fraction of sp³-hybridized carbons (Fsp3) is 0.364. The number of ether oxygens (including phenoxy) is 1. The molecule has 0 bridgehead atoms. The summed E-state index contributed by atoms with van der Waals surface area (Å²) in [4.78, 5) is 38.1. The molecule has 1 aromatic heterocycles. The lowest BCUT2D eigenvalue weighted by Crippen LogP contribution is -2.36. The summed E-state index contributed by atoms with van der Waals surface area (Å²) in [5, 5.41) is 10.5. The highest BCUT2D eigenvalue weighted by atomic mass is 35.5. The van der Waals surface area contributed by atoms with Crippen LogP contribution in [-0.2, 0) is 9.53 Å². The van der Waals surface area contributed by atoms with E-state index in [-0.39, 0.29) is 29.5 Å². The zero-order valence-electron chi connectivity index (χ0n) is 10.8. The number of methoxy groups -OCH3 is 1. The Balaban J connectivity index is 3.08. The molecule has 0 radical (unpaired) electrons. The molecule has 0 fully saturated rings. The van der Waals surface area contributed by atoms with E-state index in [1.54, 1.807) is 6.92 Å². The molecule has 0 atom stereocenters. The van der Waals surface area contributed by atoms with Crippen LogP contribution in [0.5, 0.6) is 0 Å². The third kappa shape index (κ3) is 3.64. The Labute approximate surface area is 119 Å². The summed E-state index contributed by atoms with van der Waals surface area (Å²) in [7, 11) is 1.20. The van der Waals surface area contributed by atoms with Crippen LogP contribution in [0.15, 0.2) is 12.3 Å². The van der Waals surface area contributed by atoms with E-state index in [9.17, 15) is 19.7 Å². The highest BCUT2D eigenvalue weighted by Gasteiger charge is 2.23. The zero-order chi connectivity index (χ0) is 15.3. The Hall–Kier alpha value is -2.22. The van der Waals surface area contributed by atoms with E-state index in [0.717, 1.165) is 17.2 Å². The molecule has 0 saturated heterocycles. The molecule has 9 heteroatoms. The van der Waals surface area contributed by atoms with E-state index in [2.05, 4.69) is 9.72 Å². The van der Waals surface area contributed by atoms with Crippen molar-refractivity contribution in [1.29, 1.82) is 0 Å². The lowest BCUT2D eigenvalue weighted by atomic mass is 10.2. The fourth-order valence-corrected chi connectivity index (χ4v) is 1.59. The van der Waals surface area contributed by atoms with E-state index in [0.29, 0.717) is 0 Å². The summed E-state index contributed by atoms with van der Waals surface area (Å²) < 4.78 is 4.47. The molecule has 1 heterocycles. The van der Waals surface area contributed by atoms with E-state index < -0.39 is 16.8 Å². The van der Waals surface area contributed by atoms with Crippen molar-refractivity contribution in [2.24, 2.45) is 0 Å². The monoisotopic (exact) mass is 301 g/mol. The van der Waals surface area contributed by atoms with Gasteiger partial charge in [0.2, 0.25) is 0 Å². The fourth-order valence-electron chi connectivity index (χ4n) is 1.40. The topological polar surface area (TPSA) is 103 Å². The van der Waals surface area contributed by atoms with Gasteiger partial charge in [-0.25, -0.2) is 4.98 Å². The highest BCUT2D eigenvalue weighted by molar-refractivity contribution is 6.32. The Morgan fingerprint density at radius 2 is 2.20 bits per heavy atom. The molecule has 8 nitrogen and oxygen atoms in total. The summed E-state index contributed by atoms with van der Waals surface area (Å²) in [6, 6.07) is 1.03. The summed E-state index contributed by atoms with van der Waals surface area (Å²) in [6.07, 6.45) is 0.954. The van der Waals surface area contributed by atoms with Gasteiger partial charge in [-0.15, -0.1) is 0 Å². The Morgan fingerprint density at radius 1 is 1.55 bits per heavy atom. The highest BCUT2D eigenvalue weighted by Crippen LogP contribution is 2.20. The third-order valence-corrected chi connectivity index (χ3v) is 2.78. The van der Waals surface area contributed by atoms with Gasteiger partial charge in [0.05, 0.1) is 17.6 Å². The SMILES string of the molecule is CCN(CC(=O)OC)C(=O)c1cc([N+](=O)[O-])cnc1Cl. The standard InChI is InChI=1S/C11H12ClN3O5/c1-3-14(6-9(16)20-2)11(17)8-4-7(15(18)19)5-13-10(8)12/h4-5H,3,6H2,1-2H3. The smallest absolute Gasteiger partial charge is 0.325 e. The number of rotatable bonds is 5. The number of hydrogen-bond donors (Lipinski definition) is 0. The van der Waals surface area contributed by atoms with E-state index >= 15 is 0 Å². The lowest BCUT2D eigenvalue weighted by molar-refractivity contribution is -0.385. The Kier molecular flexibility index (Phi) is 5.39. The summed E-state index contributed by atoms with van der Waals surface area (Å²) in [5.41, 5.74) is -0.488. The van der Waals surface area contributed by atoms with Gasteiger partial charge in [0, 0.05) is 12.6 Å². The van der Waals surface area contributed by atoms with Crippen LogP contribution in [0.1, 0.15) is 17.3 Å². The van der Waals surface area contributed by atoms with E-state index in [4.69, 9.17) is 11.6 Å². The molecular formula is C11H12ClN3O5. The minimum Gasteiger partial charge on any atom is -0.468 e. The van der Waals surface area contributed by atoms with Gasteiger partial charge in [0.15, 0.2) is 0 Å². The van der Waals surface area contributed by atoms with Crippen molar-refractivity contribution < 1.29 is 19.2 Å². The predicted molar refractivity (Wildman–Crippen MR) is 69.5 cm³/mol. The molecule has 0 saturated carbocycles. The number of likely N-dealkylation sites (N-methyl/N-ethyl adjacent to an activating group) is 1. The van der Waals surface area contributed by atoms with Crippen LogP contribution >= 0.6 is 11.6 Å². The van der Waals surface area contributed by atoms with Gasteiger partial charge >= 0.3 is 5.97 Å². The molecule has 0 aliphatic heterocycles. The van der Waals surface area contributed by atoms with Gasteiger partial charge in [0.1, 0.15) is 17.9 Å². The first-order valence-corrected chi connectivity index (χ1v) is 5.94. The predicted octanol–water partition coefficient (Wildman–Crippen LogP) is 1.28. The second kappa shape index (κ2) is 6.80. The molecule has 108 valence electrons. The molecule has 0 aromatic carbocycles. The maximum Gasteiger partial charge on any atom is 0.325 e. The van der Waals surface area contributed by atoms with Crippen LogP contribution < -0.4 is 0 Å². The summed E-state index contributed by atoms with van der Waals surface area (Å²) >= 11 is 5.77. The third-order valence-electron chi connectivity index (χ3n) is 2.48. The van der Waals surface area contributed by atoms with Crippen LogP contribution in [0.2, 0.25) is 5.15 Å². The number of carbonyl (C=O) groups excluding carboxylic acids is 2. The maximum absolute atomic E-state index is 12.2. The average molecular weight is 302 g/mol. The van der Waals surface area contributed by atoms with Crippen molar-refractivity contribution in [1.82, 2.24) is 9.88 Å². The van der Waals surface area contributed by atoms with Crippen LogP contribution in [0.3, 0.4) is 0 Å². The molecule has 0 unspecified atom stereocenters. The minimum absolute atomic E-state index is 0.133. The van der Waals surface area contributed by atoms with Gasteiger partial charge < -0.3 is 9.64 Å². The van der Waals surface area contributed by atoms with Crippen LogP contribution in [-0.4, -0.2) is 46.9 Å². The van der Waals surface area contributed by atoms with Crippen molar-refractivity contribution in [2.75, 3.05) is 20.2 Å². The minimum atomic E-state index is -0.684. The Bertz CT molecular complexity index is 549. The number of nitro groups is 1. The van der Waals surface area contributed by atoms with Crippen molar-refractivity contribution in [3.63, 3.8) is 0 Å². The Morgan fingerprint density at radius 3 is 2.70 bits per heavy atom. The number of nitrogens with zero attached hydrogens (tertiary/aromatic N) is 3. The zero-order valence-corrected chi connectivity index (χ0v) is 11.6. The molecule has 0 spiro atoms. The maximum atomic E-state index is 12.2. The van der Waals surface area contributed by atoms with E-state index in [1.807, 2.05) is 0 Å². The van der Waals surface area contributed by atoms with Gasteiger partial charge in [-0.05, 0) is 6.92 Å². The number of hydrogen-bond acceptors (Lipinski definition) is 6. The second-order valence-electron chi connectivity index (χ2n) is 3.68. The van der Waals surface area contributed by atoms with E-state index in [1.165, 1.54) is 7.11 Å². The summed E-state index contributed by atoms with van der Waals surface area (Å²) in [6.45, 7) is 1.59. The number of pyridine rings is 1. The van der Waals surface area contributed by atoms with Crippen molar-refractivity contribution in [3.8, 4) is 0 Å². The van der Waals surface area contributed by atoms with Gasteiger partial charge in [-0.1, -0.05) is 11.6 Å². The molecule has 1 aromatic rings. The number of carbonyl (C=O) groups is 2. The average Bonchev–Trinajstić information content (AvgIpc) is 2.43. The second-order valence-corrected chi connectivity index (χ2v) is 4.04. The molecule has 0 aliphatic rings. The van der Waals surface area contributed by atoms with Gasteiger partial charge in [0.25, 0.3) is 11.6 Å².